The number of para-hydroxylation sites is 1. The Morgan fingerprint density at radius 1 is 1.25 bits per heavy atom. The molecule has 1 saturated heterocycles. The van der Waals surface area contributed by atoms with E-state index in [9.17, 15) is 9.59 Å². The first kappa shape index (κ1) is 18.9. The third-order valence-corrected chi connectivity index (χ3v) is 6.46. The molecule has 2 aliphatic rings. The van der Waals surface area contributed by atoms with Crippen molar-refractivity contribution in [2.24, 2.45) is 5.73 Å². The van der Waals surface area contributed by atoms with E-state index in [0.717, 1.165) is 16.4 Å². The second kappa shape index (κ2) is 7.18. The molecule has 28 heavy (non-hydrogen) atoms. The lowest BCUT2D eigenvalue weighted by molar-refractivity contribution is -0.118. The van der Waals surface area contributed by atoms with Gasteiger partial charge in [0.25, 0.3) is 5.91 Å². The summed E-state index contributed by atoms with van der Waals surface area (Å²) in [6, 6.07) is 7.97. The molecular weight excluding hydrogens is 376 g/mol. The van der Waals surface area contributed by atoms with Crippen molar-refractivity contribution >= 4 is 34.0 Å². The van der Waals surface area contributed by atoms with E-state index >= 15 is 0 Å². The van der Waals surface area contributed by atoms with Crippen molar-refractivity contribution in [2.45, 2.75) is 25.7 Å². The van der Waals surface area contributed by atoms with Gasteiger partial charge < -0.3 is 20.3 Å². The monoisotopic (exact) mass is 400 g/mol. The van der Waals surface area contributed by atoms with Gasteiger partial charge in [0.1, 0.15) is 4.88 Å². The summed E-state index contributed by atoms with van der Waals surface area (Å²) in [5, 5.41) is 0.724. The van der Waals surface area contributed by atoms with Gasteiger partial charge in [0.15, 0.2) is 5.13 Å². The highest BCUT2D eigenvalue weighted by molar-refractivity contribution is 7.17. The first-order valence-electron chi connectivity index (χ1n) is 9.39. The largest absolute Gasteiger partial charge is 0.378 e. The van der Waals surface area contributed by atoms with E-state index in [-0.39, 0.29) is 17.7 Å². The minimum Gasteiger partial charge on any atom is -0.378 e. The topological polar surface area (TPSA) is 88.8 Å². The van der Waals surface area contributed by atoms with Gasteiger partial charge in [-0.05, 0) is 11.6 Å². The summed E-state index contributed by atoms with van der Waals surface area (Å²) in [6.45, 7) is 7.55. The Balaban J connectivity index is 1.60. The number of carbonyl (C=O) groups excluding carboxylic acids is 2. The first-order chi connectivity index (χ1) is 13.4. The molecule has 0 radical (unpaired) electrons. The van der Waals surface area contributed by atoms with Crippen LogP contribution in [0.3, 0.4) is 0 Å². The van der Waals surface area contributed by atoms with Crippen molar-refractivity contribution in [3.63, 3.8) is 0 Å². The number of fused-ring (bicyclic) bond motifs is 1. The quantitative estimate of drug-likeness (QED) is 0.847. The summed E-state index contributed by atoms with van der Waals surface area (Å²) >= 11 is 1.26. The predicted molar refractivity (Wildman–Crippen MR) is 109 cm³/mol. The Hall–Kier alpha value is -2.45. The molecule has 148 valence electrons. The molecule has 1 aromatic carbocycles. The molecule has 1 fully saturated rings. The molecule has 0 unspecified atom stereocenters. The number of ether oxygens (including phenoxy) is 1. The van der Waals surface area contributed by atoms with Gasteiger partial charge in [-0.1, -0.05) is 43.4 Å². The number of benzene rings is 1. The summed E-state index contributed by atoms with van der Waals surface area (Å²) in [4.78, 5) is 33.9. The molecule has 0 bridgehead atoms. The van der Waals surface area contributed by atoms with Gasteiger partial charge in [0, 0.05) is 30.7 Å². The van der Waals surface area contributed by atoms with E-state index in [2.05, 4.69) is 29.8 Å². The fourth-order valence-electron chi connectivity index (χ4n) is 3.85. The number of thiazole rings is 1. The van der Waals surface area contributed by atoms with E-state index in [1.165, 1.54) is 11.3 Å². The van der Waals surface area contributed by atoms with Gasteiger partial charge in [0.2, 0.25) is 5.91 Å². The van der Waals surface area contributed by atoms with Crippen LogP contribution in [0.15, 0.2) is 24.3 Å². The fourth-order valence-corrected chi connectivity index (χ4v) is 4.84. The van der Waals surface area contributed by atoms with Gasteiger partial charge in [-0.15, -0.1) is 0 Å². The van der Waals surface area contributed by atoms with Crippen molar-refractivity contribution in [3.8, 4) is 0 Å². The zero-order chi connectivity index (χ0) is 19.9. The fraction of sp³-hybridized carbons (Fsp3) is 0.450. The lowest BCUT2D eigenvalue weighted by Gasteiger charge is -2.26. The van der Waals surface area contributed by atoms with Crippen LogP contribution in [0.25, 0.3) is 0 Å². The van der Waals surface area contributed by atoms with E-state index in [1.807, 2.05) is 18.2 Å². The zero-order valence-electron chi connectivity index (χ0n) is 16.1. The number of nitrogens with zero attached hydrogens (tertiary/aromatic N) is 3. The Morgan fingerprint density at radius 2 is 1.96 bits per heavy atom. The highest BCUT2D eigenvalue weighted by atomic mass is 32.1. The number of amides is 2. The summed E-state index contributed by atoms with van der Waals surface area (Å²) < 4.78 is 5.37. The zero-order valence-corrected chi connectivity index (χ0v) is 16.9. The van der Waals surface area contributed by atoms with Crippen LogP contribution in [-0.2, 0) is 21.4 Å². The molecule has 0 aliphatic carbocycles. The summed E-state index contributed by atoms with van der Waals surface area (Å²) in [7, 11) is 0. The van der Waals surface area contributed by atoms with Crippen molar-refractivity contribution in [1.29, 1.82) is 0 Å². The number of rotatable bonds is 4. The van der Waals surface area contributed by atoms with Crippen LogP contribution in [0.2, 0.25) is 0 Å². The standard InChI is InChI=1S/C20H24N4O3S/c1-20(2)12-24(15-6-4-3-5-13(15)20)16(25)11-14-17(18(21)26)28-19(22-14)23-7-9-27-10-8-23/h3-6H,7-12H2,1-2H3,(H2,21,26). The minimum atomic E-state index is -0.540. The SMILES string of the molecule is CC1(C)CN(C(=O)Cc2nc(N3CCOCC3)sc2C(N)=O)c2ccccc21. The van der Waals surface area contributed by atoms with E-state index < -0.39 is 5.91 Å². The maximum Gasteiger partial charge on any atom is 0.260 e. The van der Waals surface area contributed by atoms with Crippen molar-refractivity contribution in [1.82, 2.24) is 4.98 Å². The number of carbonyl (C=O) groups is 2. The lowest BCUT2D eigenvalue weighted by Crippen LogP contribution is -2.36. The molecule has 2 aliphatic heterocycles. The average Bonchev–Trinajstić information content (AvgIpc) is 3.22. The third-order valence-electron chi connectivity index (χ3n) is 5.29. The Morgan fingerprint density at radius 3 is 2.68 bits per heavy atom. The smallest absolute Gasteiger partial charge is 0.260 e. The number of primary amides is 1. The Labute approximate surface area is 168 Å². The Kier molecular flexibility index (Phi) is 4.84. The predicted octanol–water partition coefficient (Wildman–Crippen LogP) is 1.95. The van der Waals surface area contributed by atoms with Gasteiger partial charge in [-0.25, -0.2) is 4.98 Å². The third kappa shape index (κ3) is 3.38. The molecule has 1 aromatic heterocycles. The van der Waals surface area contributed by atoms with Crippen molar-refractivity contribution < 1.29 is 14.3 Å². The molecule has 0 saturated carbocycles. The van der Waals surface area contributed by atoms with Crippen LogP contribution in [0, 0.1) is 0 Å². The number of morpholine rings is 1. The van der Waals surface area contributed by atoms with E-state index in [0.29, 0.717) is 43.4 Å². The first-order valence-corrected chi connectivity index (χ1v) is 10.2. The Bertz CT molecular complexity index is 918. The maximum atomic E-state index is 13.1. The summed E-state index contributed by atoms with van der Waals surface area (Å²) in [5.74, 6) is -0.610. The number of hydrogen-bond donors (Lipinski definition) is 1. The summed E-state index contributed by atoms with van der Waals surface area (Å²) in [6.07, 6.45) is 0.0591. The number of nitrogens with two attached hydrogens (primary N) is 1. The second-order valence-corrected chi connectivity index (χ2v) is 8.77. The van der Waals surface area contributed by atoms with Crippen LogP contribution >= 0.6 is 11.3 Å². The van der Waals surface area contributed by atoms with Gasteiger partial charge in [-0.3, -0.25) is 9.59 Å². The van der Waals surface area contributed by atoms with E-state index in [1.54, 1.807) is 4.90 Å². The average molecular weight is 401 g/mol. The molecule has 2 N–H and O–H groups in total. The normalized spacial score (nSPS) is 18.2. The van der Waals surface area contributed by atoms with Crippen LogP contribution < -0.4 is 15.5 Å². The van der Waals surface area contributed by atoms with Gasteiger partial charge in [-0.2, -0.15) is 0 Å². The van der Waals surface area contributed by atoms with Crippen LogP contribution in [0.1, 0.15) is 34.8 Å². The molecule has 0 spiro atoms. The minimum absolute atomic E-state index is 0.0591. The molecule has 7 nitrogen and oxygen atoms in total. The maximum absolute atomic E-state index is 13.1. The van der Waals surface area contributed by atoms with Crippen molar-refractivity contribution in [3.05, 3.63) is 40.4 Å². The molecule has 4 rings (SSSR count). The van der Waals surface area contributed by atoms with Crippen LogP contribution in [0.4, 0.5) is 10.8 Å². The number of anilines is 2. The lowest BCUT2D eigenvalue weighted by atomic mass is 9.87. The van der Waals surface area contributed by atoms with Crippen molar-refractivity contribution in [2.75, 3.05) is 42.6 Å². The number of aromatic nitrogens is 1. The highest BCUT2D eigenvalue weighted by Gasteiger charge is 2.38. The second-order valence-electron chi connectivity index (χ2n) is 7.79. The van der Waals surface area contributed by atoms with E-state index in [4.69, 9.17) is 10.5 Å². The molecule has 2 amide bonds. The highest BCUT2D eigenvalue weighted by Crippen LogP contribution is 2.40. The molecule has 2 aromatic rings. The molecular formula is C20H24N4O3S. The molecule has 0 atom stereocenters. The molecule has 8 heteroatoms. The number of hydrogen-bond acceptors (Lipinski definition) is 6. The van der Waals surface area contributed by atoms with Gasteiger partial charge >= 0.3 is 0 Å². The molecule has 3 heterocycles. The van der Waals surface area contributed by atoms with Crippen LogP contribution in [0.5, 0.6) is 0 Å². The van der Waals surface area contributed by atoms with Crippen LogP contribution in [-0.4, -0.2) is 49.6 Å². The van der Waals surface area contributed by atoms with Gasteiger partial charge in [0.05, 0.1) is 25.3 Å². The summed E-state index contributed by atoms with van der Waals surface area (Å²) in [5.41, 5.74) is 8.01.